The Morgan fingerprint density at radius 1 is 1.14 bits per heavy atom. The fraction of sp³-hybridized carbons (Fsp3) is 1.00. The van der Waals surface area contributed by atoms with E-state index in [0.29, 0.717) is 24.0 Å². The summed E-state index contributed by atoms with van der Waals surface area (Å²) in [4.78, 5) is 0. The molecule has 2 N–H and O–H groups in total. The van der Waals surface area contributed by atoms with Crippen LogP contribution in [-0.4, -0.2) is 26.5 Å². The minimum absolute atomic E-state index is 0.0424. The van der Waals surface area contributed by atoms with Gasteiger partial charge in [0, 0.05) is 12.0 Å². The SMILES string of the molecule is NCC1(C2CCCCC2)CS(=O)(=O)C1. The molecule has 0 aromatic rings. The predicted molar refractivity (Wildman–Crippen MR) is 56.7 cm³/mol. The lowest BCUT2D eigenvalue weighted by molar-refractivity contribution is 0.155. The summed E-state index contributed by atoms with van der Waals surface area (Å²) in [6.45, 7) is 0.552. The zero-order valence-corrected chi connectivity index (χ0v) is 9.35. The summed E-state index contributed by atoms with van der Waals surface area (Å²) >= 11 is 0. The van der Waals surface area contributed by atoms with Crippen LogP contribution in [0.15, 0.2) is 0 Å². The number of nitrogens with two attached hydrogens (primary N) is 1. The van der Waals surface area contributed by atoms with Crippen molar-refractivity contribution in [3.63, 3.8) is 0 Å². The molecule has 1 heterocycles. The molecule has 2 fully saturated rings. The topological polar surface area (TPSA) is 60.2 Å². The first kappa shape index (κ1) is 10.4. The molecule has 1 aliphatic heterocycles. The van der Waals surface area contributed by atoms with Crippen LogP contribution in [0.2, 0.25) is 0 Å². The molecule has 0 bridgehead atoms. The lowest BCUT2D eigenvalue weighted by Crippen LogP contribution is -2.57. The number of hydrogen-bond acceptors (Lipinski definition) is 3. The summed E-state index contributed by atoms with van der Waals surface area (Å²) < 4.78 is 22.5. The van der Waals surface area contributed by atoms with Crippen LogP contribution in [0.25, 0.3) is 0 Å². The Labute approximate surface area is 86.0 Å². The van der Waals surface area contributed by atoms with E-state index in [1.807, 2.05) is 0 Å². The van der Waals surface area contributed by atoms with Gasteiger partial charge in [-0.3, -0.25) is 0 Å². The van der Waals surface area contributed by atoms with Crippen molar-refractivity contribution >= 4 is 9.84 Å². The van der Waals surface area contributed by atoms with Crippen molar-refractivity contribution in [1.82, 2.24) is 0 Å². The van der Waals surface area contributed by atoms with E-state index in [0.717, 1.165) is 0 Å². The highest BCUT2D eigenvalue weighted by molar-refractivity contribution is 7.92. The van der Waals surface area contributed by atoms with E-state index in [4.69, 9.17) is 5.73 Å². The zero-order chi connectivity index (χ0) is 10.2. The fourth-order valence-electron chi connectivity index (χ4n) is 3.07. The molecule has 0 unspecified atom stereocenters. The average Bonchev–Trinajstić information content (AvgIpc) is 2.15. The Kier molecular flexibility index (Phi) is 2.60. The van der Waals surface area contributed by atoms with Crippen LogP contribution in [0.1, 0.15) is 32.1 Å². The molecule has 1 saturated heterocycles. The van der Waals surface area contributed by atoms with Crippen LogP contribution in [0.5, 0.6) is 0 Å². The molecule has 4 heteroatoms. The van der Waals surface area contributed by atoms with Crippen molar-refractivity contribution in [3.05, 3.63) is 0 Å². The molecule has 14 heavy (non-hydrogen) atoms. The summed E-state index contributed by atoms with van der Waals surface area (Å²) in [6, 6.07) is 0. The second-order valence-corrected chi connectivity index (χ2v) is 7.00. The monoisotopic (exact) mass is 217 g/mol. The Hall–Kier alpha value is -0.0900. The predicted octanol–water partition coefficient (Wildman–Crippen LogP) is 0.940. The minimum Gasteiger partial charge on any atom is -0.330 e. The van der Waals surface area contributed by atoms with Gasteiger partial charge in [0.15, 0.2) is 9.84 Å². The summed E-state index contributed by atoms with van der Waals surface area (Å²) in [5.74, 6) is 1.27. The smallest absolute Gasteiger partial charge is 0.151 e. The third-order valence-corrected chi connectivity index (χ3v) is 5.92. The Morgan fingerprint density at radius 2 is 1.71 bits per heavy atom. The lowest BCUT2D eigenvalue weighted by Gasteiger charge is -2.47. The van der Waals surface area contributed by atoms with Gasteiger partial charge in [0.05, 0.1) is 11.5 Å². The minimum atomic E-state index is -2.73. The molecule has 1 aliphatic carbocycles. The van der Waals surface area contributed by atoms with Crippen LogP contribution in [0.3, 0.4) is 0 Å². The first-order valence-electron chi connectivity index (χ1n) is 5.48. The highest BCUT2D eigenvalue weighted by Gasteiger charge is 2.52. The summed E-state index contributed by atoms with van der Waals surface area (Å²) in [6.07, 6.45) is 6.20. The van der Waals surface area contributed by atoms with Crippen LogP contribution in [0.4, 0.5) is 0 Å². The first-order valence-corrected chi connectivity index (χ1v) is 7.31. The van der Waals surface area contributed by atoms with E-state index in [-0.39, 0.29) is 5.41 Å². The van der Waals surface area contributed by atoms with E-state index in [2.05, 4.69) is 0 Å². The van der Waals surface area contributed by atoms with Crippen molar-refractivity contribution in [2.24, 2.45) is 17.1 Å². The molecule has 0 radical (unpaired) electrons. The third-order valence-electron chi connectivity index (χ3n) is 3.89. The van der Waals surface area contributed by atoms with E-state index in [1.54, 1.807) is 0 Å². The molecule has 0 spiro atoms. The van der Waals surface area contributed by atoms with E-state index in [1.165, 1.54) is 32.1 Å². The maximum Gasteiger partial charge on any atom is 0.151 e. The van der Waals surface area contributed by atoms with Gasteiger partial charge in [0.1, 0.15) is 0 Å². The Morgan fingerprint density at radius 3 is 2.14 bits per heavy atom. The van der Waals surface area contributed by atoms with E-state index >= 15 is 0 Å². The third kappa shape index (κ3) is 1.70. The Balaban J connectivity index is 2.06. The maximum absolute atomic E-state index is 11.2. The van der Waals surface area contributed by atoms with Crippen molar-refractivity contribution < 1.29 is 8.42 Å². The van der Waals surface area contributed by atoms with Gasteiger partial charge >= 0.3 is 0 Å². The molecular formula is C10H19NO2S. The number of sulfone groups is 1. The van der Waals surface area contributed by atoms with Gasteiger partial charge in [-0.05, 0) is 18.8 Å². The molecule has 82 valence electrons. The molecule has 2 aliphatic rings. The van der Waals surface area contributed by atoms with Gasteiger partial charge in [-0.25, -0.2) is 8.42 Å². The van der Waals surface area contributed by atoms with Gasteiger partial charge in [-0.1, -0.05) is 19.3 Å². The molecule has 0 atom stereocenters. The van der Waals surface area contributed by atoms with Crippen molar-refractivity contribution in [3.8, 4) is 0 Å². The van der Waals surface area contributed by atoms with Crippen molar-refractivity contribution in [2.45, 2.75) is 32.1 Å². The molecule has 0 aromatic carbocycles. The number of hydrogen-bond donors (Lipinski definition) is 1. The van der Waals surface area contributed by atoms with Crippen LogP contribution in [0, 0.1) is 11.3 Å². The standard InChI is InChI=1S/C10H19NO2S/c11-6-10(7-14(12,13)8-10)9-4-2-1-3-5-9/h9H,1-8,11H2. The van der Waals surface area contributed by atoms with Crippen LogP contribution >= 0.6 is 0 Å². The molecule has 0 aromatic heterocycles. The average molecular weight is 217 g/mol. The summed E-state index contributed by atoms with van der Waals surface area (Å²) in [5, 5.41) is 0. The van der Waals surface area contributed by atoms with E-state index < -0.39 is 9.84 Å². The van der Waals surface area contributed by atoms with Gasteiger partial charge in [0.25, 0.3) is 0 Å². The summed E-state index contributed by atoms with van der Waals surface area (Å²) in [7, 11) is -2.73. The largest absolute Gasteiger partial charge is 0.330 e. The van der Waals surface area contributed by atoms with Crippen LogP contribution in [-0.2, 0) is 9.84 Å². The first-order chi connectivity index (χ1) is 6.58. The van der Waals surface area contributed by atoms with Gasteiger partial charge in [-0.2, -0.15) is 0 Å². The molecule has 1 saturated carbocycles. The molecular weight excluding hydrogens is 198 g/mol. The summed E-state index contributed by atoms with van der Waals surface area (Å²) in [5.41, 5.74) is 5.71. The Bertz CT molecular complexity index is 292. The zero-order valence-electron chi connectivity index (χ0n) is 8.54. The van der Waals surface area contributed by atoms with Gasteiger partial charge < -0.3 is 5.73 Å². The van der Waals surface area contributed by atoms with E-state index in [9.17, 15) is 8.42 Å². The second kappa shape index (κ2) is 3.49. The molecule has 0 amide bonds. The van der Waals surface area contributed by atoms with Gasteiger partial charge in [0.2, 0.25) is 0 Å². The maximum atomic E-state index is 11.2. The lowest BCUT2D eigenvalue weighted by atomic mass is 9.70. The quantitative estimate of drug-likeness (QED) is 0.749. The second-order valence-electron chi connectivity index (χ2n) is 4.93. The fourth-order valence-corrected chi connectivity index (χ4v) is 5.44. The number of rotatable bonds is 2. The van der Waals surface area contributed by atoms with Crippen molar-refractivity contribution in [2.75, 3.05) is 18.1 Å². The highest BCUT2D eigenvalue weighted by Crippen LogP contribution is 2.45. The van der Waals surface area contributed by atoms with Gasteiger partial charge in [-0.15, -0.1) is 0 Å². The molecule has 2 rings (SSSR count). The normalized spacial score (nSPS) is 30.9. The molecule has 3 nitrogen and oxygen atoms in total. The van der Waals surface area contributed by atoms with Crippen LogP contribution < -0.4 is 5.73 Å². The highest BCUT2D eigenvalue weighted by atomic mass is 32.2. The van der Waals surface area contributed by atoms with Crippen molar-refractivity contribution in [1.29, 1.82) is 0 Å².